The summed E-state index contributed by atoms with van der Waals surface area (Å²) in [6, 6.07) is 6.35. The Kier molecular flexibility index (Phi) is 7.95. The van der Waals surface area contributed by atoms with Crippen LogP contribution in [0.5, 0.6) is 5.75 Å². The first kappa shape index (κ1) is 24.0. The smallest absolute Gasteiger partial charge is 0.243 e. The first-order valence-corrected chi connectivity index (χ1v) is 13.9. The highest BCUT2D eigenvalue weighted by atomic mass is 32.2. The zero-order chi connectivity index (χ0) is 22.5. The van der Waals surface area contributed by atoms with E-state index in [4.69, 9.17) is 4.74 Å². The largest absolute Gasteiger partial charge is 0.492 e. The summed E-state index contributed by atoms with van der Waals surface area (Å²) in [4.78, 5) is 12.5. The number of piperidine rings is 2. The molecular weight excluding hydrogens is 442 g/mol. The molecule has 3 rings (SSSR count). The first-order valence-electron chi connectivity index (χ1n) is 10.6. The monoisotopic (exact) mass is 473 g/mol. The van der Waals surface area contributed by atoms with E-state index in [9.17, 15) is 21.6 Å². The Morgan fingerprint density at radius 3 is 2.16 bits per heavy atom. The van der Waals surface area contributed by atoms with Crippen molar-refractivity contribution in [1.82, 2.24) is 13.9 Å². The molecule has 31 heavy (non-hydrogen) atoms. The second-order valence-corrected chi connectivity index (χ2v) is 11.9. The molecule has 174 valence electrons. The average molecular weight is 474 g/mol. The minimum atomic E-state index is -3.46. The molecule has 0 radical (unpaired) electrons. The Labute approximate surface area is 184 Å². The van der Waals surface area contributed by atoms with Crippen molar-refractivity contribution in [3.63, 3.8) is 0 Å². The van der Waals surface area contributed by atoms with Gasteiger partial charge >= 0.3 is 0 Å². The van der Waals surface area contributed by atoms with Crippen molar-refractivity contribution in [2.24, 2.45) is 5.92 Å². The van der Waals surface area contributed by atoms with Gasteiger partial charge in [0, 0.05) is 32.1 Å². The molecule has 1 N–H and O–H groups in total. The molecule has 9 nitrogen and oxygen atoms in total. The number of nitrogens with zero attached hydrogens (tertiary/aromatic N) is 2. The average Bonchev–Trinajstić information content (AvgIpc) is 2.77. The van der Waals surface area contributed by atoms with E-state index in [1.807, 2.05) is 0 Å². The summed E-state index contributed by atoms with van der Waals surface area (Å²) in [5, 5.41) is 2.82. The summed E-state index contributed by atoms with van der Waals surface area (Å²) >= 11 is 0. The number of amides is 1. The molecule has 0 saturated carbocycles. The van der Waals surface area contributed by atoms with E-state index in [0.29, 0.717) is 51.3 Å². The van der Waals surface area contributed by atoms with Crippen LogP contribution in [0.15, 0.2) is 29.2 Å². The zero-order valence-corrected chi connectivity index (χ0v) is 19.5. The van der Waals surface area contributed by atoms with Crippen LogP contribution in [0.4, 0.5) is 0 Å². The van der Waals surface area contributed by atoms with Gasteiger partial charge in [-0.1, -0.05) is 6.42 Å². The van der Waals surface area contributed by atoms with Gasteiger partial charge in [0.05, 0.1) is 17.7 Å². The van der Waals surface area contributed by atoms with E-state index in [-0.39, 0.29) is 23.3 Å². The Morgan fingerprint density at radius 2 is 1.58 bits per heavy atom. The number of nitrogens with one attached hydrogen (secondary N) is 1. The van der Waals surface area contributed by atoms with Gasteiger partial charge < -0.3 is 10.1 Å². The molecule has 0 atom stereocenters. The molecule has 0 aliphatic carbocycles. The van der Waals surface area contributed by atoms with Crippen LogP contribution in [0, 0.1) is 5.92 Å². The second kappa shape index (κ2) is 10.3. The molecule has 1 aromatic rings. The number of hydrogen-bond acceptors (Lipinski definition) is 6. The molecule has 2 fully saturated rings. The minimum Gasteiger partial charge on any atom is -0.492 e. The minimum absolute atomic E-state index is 0.0975. The number of ether oxygens (including phenoxy) is 1. The molecular formula is C20H31N3O6S2. The van der Waals surface area contributed by atoms with Crippen LogP contribution in [0.1, 0.15) is 32.1 Å². The standard InChI is InChI=1S/C20H31N3O6S2/c1-30(25,26)22-14-9-17(10-15-22)20(24)21-11-16-29-18-5-7-19(8-6-18)31(27,28)23-12-3-2-4-13-23/h5-8,17H,2-4,9-16H2,1H3,(H,21,24). The molecule has 0 spiro atoms. The number of sulfonamides is 2. The highest BCUT2D eigenvalue weighted by Crippen LogP contribution is 2.23. The fourth-order valence-corrected chi connectivity index (χ4v) is 6.29. The van der Waals surface area contributed by atoms with Gasteiger partial charge in [-0.15, -0.1) is 0 Å². The van der Waals surface area contributed by atoms with E-state index >= 15 is 0 Å². The third-order valence-electron chi connectivity index (χ3n) is 5.74. The van der Waals surface area contributed by atoms with Crippen LogP contribution < -0.4 is 10.1 Å². The maximum Gasteiger partial charge on any atom is 0.243 e. The van der Waals surface area contributed by atoms with Gasteiger partial charge in [0.1, 0.15) is 12.4 Å². The van der Waals surface area contributed by atoms with Crippen molar-refractivity contribution in [1.29, 1.82) is 0 Å². The van der Waals surface area contributed by atoms with Crippen LogP contribution in [0.25, 0.3) is 0 Å². The van der Waals surface area contributed by atoms with Gasteiger partial charge in [-0.2, -0.15) is 4.31 Å². The molecule has 1 aromatic carbocycles. The van der Waals surface area contributed by atoms with Crippen LogP contribution >= 0.6 is 0 Å². The number of hydrogen-bond donors (Lipinski definition) is 1. The number of carbonyl (C=O) groups excluding carboxylic acids is 1. The highest BCUT2D eigenvalue weighted by Gasteiger charge is 2.29. The number of carbonyl (C=O) groups is 1. The molecule has 0 aromatic heterocycles. The summed E-state index contributed by atoms with van der Waals surface area (Å²) in [5.41, 5.74) is 0. The SMILES string of the molecule is CS(=O)(=O)N1CCC(C(=O)NCCOc2ccc(S(=O)(=O)N3CCCCC3)cc2)CC1. The lowest BCUT2D eigenvalue weighted by Gasteiger charge is -2.29. The fourth-order valence-electron chi connectivity index (χ4n) is 3.90. The lowest BCUT2D eigenvalue weighted by molar-refractivity contribution is -0.126. The third kappa shape index (κ3) is 6.41. The molecule has 1 amide bonds. The van der Waals surface area contributed by atoms with E-state index in [2.05, 4.69) is 5.32 Å². The van der Waals surface area contributed by atoms with Crippen molar-refractivity contribution in [3.05, 3.63) is 24.3 Å². The summed E-state index contributed by atoms with van der Waals surface area (Å²) < 4.78 is 56.9. The number of benzene rings is 1. The van der Waals surface area contributed by atoms with E-state index in [1.54, 1.807) is 24.3 Å². The third-order valence-corrected chi connectivity index (χ3v) is 8.96. The Morgan fingerprint density at radius 1 is 0.968 bits per heavy atom. The predicted octanol–water partition coefficient (Wildman–Crippen LogP) is 1.03. The molecule has 2 heterocycles. The molecule has 0 bridgehead atoms. The summed E-state index contributed by atoms with van der Waals surface area (Å²) in [7, 11) is -6.67. The Bertz CT molecular complexity index is 949. The molecule has 2 aliphatic rings. The van der Waals surface area contributed by atoms with Gasteiger partial charge in [-0.05, 0) is 49.9 Å². The lowest BCUT2D eigenvalue weighted by atomic mass is 9.97. The van der Waals surface area contributed by atoms with Gasteiger partial charge in [0.15, 0.2) is 0 Å². The van der Waals surface area contributed by atoms with E-state index in [1.165, 1.54) is 14.9 Å². The molecule has 2 saturated heterocycles. The first-order chi connectivity index (χ1) is 14.7. The van der Waals surface area contributed by atoms with Crippen LogP contribution in [-0.2, 0) is 24.8 Å². The van der Waals surface area contributed by atoms with Crippen molar-refractivity contribution >= 4 is 26.0 Å². The Balaban J connectivity index is 1.40. The van der Waals surface area contributed by atoms with Gasteiger partial charge in [-0.3, -0.25) is 4.79 Å². The summed E-state index contributed by atoms with van der Waals surface area (Å²) in [6.07, 6.45) is 5.04. The zero-order valence-electron chi connectivity index (χ0n) is 17.8. The van der Waals surface area contributed by atoms with Crippen molar-refractivity contribution in [3.8, 4) is 5.75 Å². The fraction of sp³-hybridized carbons (Fsp3) is 0.650. The van der Waals surface area contributed by atoms with E-state index in [0.717, 1.165) is 19.3 Å². The number of rotatable bonds is 8. The quantitative estimate of drug-likeness (QED) is 0.564. The predicted molar refractivity (Wildman–Crippen MR) is 117 cm³/mol. The van der Waals surface area contributed by atoms with Crippen LogP contribution in [-0.4, -0.2) is 76.9 Å². The van der Waals surface area contributed by atoms with Crippen molar-refractivity contribution in [2.75, 3.05) is 45.6 Å². The Hall–Kier alpha value is -1.69. The van der Waals surface area contributed by atoms with E-state index < -0.39 is 20.0 Å². The van der Waals surface area contributed by atoms with Gasteiger partial charge in [0.25, 0.3) is 0 Å². The van der Waals surface area contributed by atoms with Gasteiger partial charge in [0.2, 0.25) is 26.0 Å². The maximum absolute atomic E-state index is 12.7. The summed E-state index contributed by atoms with van der Waals surface area (Å²) in [6.45, 7) is 2.42. The second-order valence-electron chi connectivity index (χ2n) is 8.01. The normalized spacial score (nSPS) is 19.8. The lowest BCUT2D eigenvalue weighted by Crippen LogP contribution is -2.43. The van der Waals surface area contributed by atoms with Crippen LogP contribution in [0.2, 0.25) is 0 Å². The van der Waals surface area contributed by atoms with Crippen molar-refractivity contribution < 1.29 is 26.4 Å². The molecule has 11 heteroatoms. The highest BCUT2D eigenvalue weighted by molar-refractivity contribution is 7.89. The van der Waals surface area contributed by atoms with Crippen LogP contribution in [0.3, 0.4) is 0 Å². The molecule has 0 unspecified atom stereocenters. The van der Waals surface area contributed by atoms with Crippen molar-refractivity contribution in [2.45, 2.75) is 37.0 Å². The van der Waals surface area contributed by atoms with Gasteiger partial charge in [-0.25, -0.2) is 21.1 Å². The summed E-state index contributed by atoms with van der Waals surface area (Å²) in [5.74, 6) is 0.241. The molecule has 2 aliphatic heterocycles. The maximum atomic E-state index is 12.7. The topological polar surface area (TPSA) is 113 Å².